The summed E-state index contributed by atoms with van der Waals surface area (Å²) >= 11 is 0. The molecule has 0 aliphatic carbocycles. The highest BCUT2D eigenvalue weighted by Gasteiger charge is 2.30. The molecule has 10 nitrogen and oxygen atoms in total. The van der Waals surface area contributed by atoms with Gasteiger partial charge < -0.3 is 25.4 Å². The lowest BCUT2D eigenvalue weighted by atomic mass is 9.96. The van der Waals surface area contributed by atoms with Crippen LogP contribution in [0.4, 0.5) is 11.4 Å². The Bertz CT molecular complexity index is 1500. The minimum absolute atomic E-state index is 0.226. The van der Waals surface area contributed by atoms with Gasteiger partial charge in [0.05, 0.1) is 42.3 Å². The summed E-state index contributed by atoms with van der Waals surface area (Å²) in [5.74, 6) is -1.13. The van der Waals surface area contributed by atoms with Gasteiger partial charge in [0.2, 0.25) is 0 Å². The number of methoxy groups -OCH3 is 1. The highest BCUT2D eigenvalue weighted by atomic mass is 16.7. The Morgan fingerprint density at radius 3 is 2.43 bits per heavy atom. The van der Waals surface area contributed by atoms with Gasteiger partial charge in [0.15, 0.2) is 0 Å². The van der Waals surface area contributed by atoms with Gasteiger partial charge in [-0.15, -0.1) is 0 Å². The summed E-state index contributed by atoms with van der Waals surface area (Å²) in [6, 6.07) is 19.8. The first-order valence-electron chi connectivity index (χ1n) is 13.9. The molecule has 2 heterocycles. The van der Waals surface area contributed by atoms with Crippen LogP contribution in [0.3, 0.4) is 0 Å². The zero-order chi connectivity index (χ0) is 29.6. The van der Waals surface area contributed by atoms with Gasteiger partial charge in [-0.25, -0.2) is 10.3 Å². The number of esters is 1. The van der Waals surface area contributed by atoms with Crippen LogP contribution in [0.25, 0.3) is 11.3 Å². The van der Waals surface area contributed by atoms with Gasteiger partial charge >= 0.3 is 5.97 Å². The van der Waals surface area contributed by atoms with Crippen molar-refractivity contribution in [1.82, 2.24) is 10.4 Å². The highest BCUT2D eigenvalue weighted by molar-refractivity contribution is 6.37. The van der Waals surface area contributed by atoms with E-state index >= 15 is 0 Å². The van der Waals surface area contributed by atoms with E-state index < -0.39 is 5.97 Å². The molecule has 3 aromatic rings. The molecular weight excluding hydrogens is 536 g/mol. The second-order valence-corrected chi connectivity index (χ2v) is 10.3. The number of rotatable bonds is 9. The number of amides is 2. The predicted molar refractivity (Wildman–Crippen MR) is 160 cm³/mol. The van der Waals surface area contributed by atoms with Crippen molar-refractivity contribution in [3.63, 3.8) is 0 Å². The lowest BCUT2D eigenvalue weighted by Gasteiger charge is -2.29. The van der Waals surface area contributed by atoms with Crippen molar-refractivity contribution in [1.29, 1.82) is 0 Å². The van der Waals surface area contributed by atoms with Gasteiger partial charge in [-0.2, -0.15) is 0 Å². The Labute approximate surface area is 244 Å². The maximum Gasteiger partial charge on any atom is 0.338 e. The molecule has 0 saturated carbocycles. The maximum absolute atomic E-state index is 13.3. The number of piperidine rings is 1. The first-order valence-corrected chi connectivity index (χ1v) is 13.9. The molecule has 0 aromatic heterocycles. The number of nitrogens with one attached hydrogen (secondary N) is 3. The number of hydrogen-bond donors (Lipinski definition) is 4. The number of nitrogens with zero attached hydrogens (tertiary/aromatic N) is 1. The molecule has 3 aromatic carbocycles. The van der Waals surface area contributed by atoms with Crippen molar-refractivity contribution < 1.29 is 29.1 Å². The Balaban J connectivity index is 1.32. The molecule has 5 rings (SSSR count). The summed E-state index contributed by atoms with van der Waals surface area (Å²) in [4.78, 5) is 45.7. The van der Waals surface area contributed by atoms with Gasteiger partial charge in [0.25, 0.3) is 11.8 Å². The predicted octanol–water partition coefficient (Wildman–Crippen LogP) is 3.83. The van der Waals surface area contributed by atoms with E-state index in [-0.39, 0.29) is 17.9 Å². The van der Waals surface area contributed by atoms with Crippen molar-refractivity contribution in [2.75, 3.05) is 44.0 Å². The average Bonchev–Trinajstić information content (AvgIpc) is 3.32. The SMILES string of the molecule is COC(=O)c1cc2c(cc1C)/C(=C(/Nc1ccc(C(=O)NOCCN3CCC(O)CC3)cc1)c1ccccc1)C(=O)N2. The lowest BCUT2D eigenvalue weighted by Crippen LogP contribution is -2.38. The third-order valence-corrected chi connectivity index (χ3v) is 7.47. The molecule has 1 fully saturated rings. The number of hydroxylamine groups is 1. The summed E-state index contributed by atoms with van der Waals surface area (Å²) in [5.41, 5.74) is 7.68. The summed E-state index contributed by atoms with van der Waals surface area (Å²) in [5, 5.41) is 15.9. The first kappa shape index (κ1) is 29.0. The Kier molecular flexibility index (Phi) is 8.97. The molecule has 0 radical (unpaired) electrons. The molecule has 218 valence electrons. The number of carbonyl (C=O) groups is 3. The Morgan fingerprint density at radius 1 is 1.02 bits per heavy atom. The fourth-order valence-electron chi connectivity index (χ4n) is 5.13. The molecule has 4 N–H and O–H groups in total. The molecule has 1 saturated heterocycles. The number of aryl methyl sites for hydroxylation is 1. The second kappa shape index (κ2) is 13.0. The Hall–Kier alpha value is -4.51. The average molecular weight is 571 g/mol. The van der Waals surface area contributed by atoms with Gasteiger partial charge in [0.1, 0.15) is 0 Å². The first-order chi connectivity index (χ1) is 20.3. The number of ether oxygens (including phenoxy) is 1. The number of likely N-dealkylation sites (tertiary alicyclic amines) is 1. The molecule has 42 heavy (non-hydrogen) atoms. The van der Waals surface area contributed by atoms with Crippen LogP contribution in [0.15, 0.2) is 66.7 Å². The second-order valence-electron chi connectivity index (χ2n) is 10.3. The van der Waals surface area contributed by atoms with Crippen LogP contribution < -0.4 is 16.1 Å². The van der Waals surface area contributed by atoms with Crippen LogP contribution in [0, 0.1) is 6.92 Å². The third kappa shape index (κ3) is 6.52. The summed E-state index contributed by atoms with van der Waals surface area (Å²) in [7, 11) is 1.32. The number of fused-ring (bicyclic) bond motifs is 1. The standard InChI is InChI=1S/C32H34N4O6/c1-20-18-26-27(19-25(20)32(40)41-2)34-31(39)28(26)29(21-6-4-3-5-7-21)33-23-10-8-22(9-11-23)30(38)35-42-17-16-36-14-12-24(37)13-15-36/h3-11,18-19,24,33,37H,12-17H2,1-2H3,(H,34,39)(H,35,38)/b29-28-. The molecule has 2 aliphatic rings. The number of carbonyl (C=O) groups excluding carboxylic acids is 3. The van der Waals surface area contributed by atoms with Crippen molar-refractivity contribution in [3.8, 4) is 0 Å². The maximum atomic E-state index is 13.3. The lowest BCUT2D eigenvalue weighted by molar-refractivity contribution is -0.110. The van der Waals surface area contributed by atoms with E-state index in [1.807, 2.05) is 36.4 Å². The zero-order valence-electron chi connectivity index (χ0n) is 23.6. The topological polar surface area (TPSA) is 129 Å². The number of aliphatic hydroxyl groups is 1. The van der Waals surface area contributed by atoms with Crippen molar-refractivity contribution in [2.24, 2.45) is 0 Å². The fraction of sp³-hybridized carbons (Fsp3) is 0.281. The van der Waals surface area contributed by atoms with Crippen LogP contribution in [0.5, 0.6) is 0 Å². The van der Waals surface area contributed by atoms with E-state index in [1.54, 1.807) is 37.3 Å². The number of aliphatic hydroxyl groups excluding tert-OH is 1. The Morgan fingerprint density at radius 2 is 1.74 bits per heavy atom. The van der Waals surface area contributed by atoms with E-state index in [2.05, 4.69) is 21.0 Å². The number of hydrogen-bond acceptors (Lipinski definition) is 8. The number of benzene rings is 3. The van der Waals surface area contributed by atoms with Gasteiger partial charge in [-0.05, 0) is 67.3 Å². The van der Waals surface area contributed by atoms with Gasteiger partial charge in [-0.3, -0.25) is 14.4 Å². The van der Waals surface area contributed by atoms with E-state index in [0.717, 1.165) is 31.5 Å². The van der Waals surface area contributed by atoms with Crippen LogP contribution >= 0.6 is 0 Å². The largest absolute Gasteiger partial charge is 0.465 e. The minimum Gasteiger partial charge on any atom is -0.465 e. The summed E-state index contributed by atoms with van der Waals surface area (Å²) < 4.78 is 4.89. The normalized spacial score (nSPS) is 16.4. The highest BCUT2D eigenvalue weighted by Crippen LogP contribution is 2.39. The van der Waals surface area contributed by atoms with E-state index in [4.69, 9.17) is 9.57 Å². The molecule has 0 unspecified atom stereocenters. The van der Waals surface area contributed by atoms with E-state index in [9.17, 15) is 19.5 Å². The minimum atomic E-state index is -0.472. The van der Waals surface area contributed by atoms with E-state index in [0.29, 0.717) is 58.1 Å². The van der Waals surface area contributed by atoms with Crippen LogP contribution in [0.2, 0.25) is 0 Å². The van der Waals surface area contributed by atoms with E-state index in [1.165, 1.54) is 7.11 Å². The van der Waals surface area contributed by atoms with Crippen molar-refractivity contribution >= 4 is 40.4 Å². The van der Waals surface area contributed by atoms with Gasteiger partial charge in [0, 0.05) is 36.4 Å². The molecule has 2 aliphatic heterocycles. The monoisotopic (exact) mass is 570 g/mol. The number of anilines is 2. The zero-order valence-corrected chi connectivity index (χ0v) is 23.6. The van der Waals surface area contributed by atoms with Crippen LogP contribution in [0.1, 0.15) is 50.2 Å². The summed E-state index contributed by atoms with van der Waals surface area (Å²) in [6.07, 6.45) is 1.28. The van der Waals surface area contributed by atoms with Crippen LogP contribution in [-0.2, 0) is 14.4 Å². The van der Waals surface area contributed by atoms with Crippen LogP contribution in [-0.4, -0.2) is 67.2 Å². The fourth-order valence-corrected chi connectivity index (χ4v) is 5.13. The molecular formula is C32H34N4O6. The van der Waals surface area contributed by atoms with Crippen molar-refractivity contribution in [2.45, 2.75) is 25.9 Å². The quantitative estimate of drug-likeness (QED) is 0.132. The van der Waals surface area contributed by atoms with Gasteiger partial charge in [-0.1, -0.05) is 30.3 Å². The van der Waals surface area contributed by atoms with Crippen molar-refractivity contribution in [3.05, 3.63) is 94.5 Å². The molecule has 2 amide bonds. The molecule has 0 spiro atoms. The summed E-state index contributed by atoms with van der Waals surface area (Å²) in [6.45, 7) is 4.45. The third-order valence-electron chi connectivity index (χ3n) is 7.47. The smallest absolute Gasteiger partial charge is 0.338 e. The molecule has 10 heteroatoms. The molecule has 0 bridgehead atoms. The molecule has 0 atom stereocenters.